The van der Waals surface area contributed by atoms with Crippen molar-refractivity contribution < 1.29 is 4.74 Å². The number of nitrogens with zero attached hydrogens (tertiary/aromatic N) is 1. The first-order valence-electron chi connectivity index (χ1n) is 11.2. The average molecular weight is 350 g/mol. The van der Waals surface area contributed by atoms with Gasteiger partial charge in [-0.2, -0.15) is 0 Å². The second-order valence-corrected chi connectivity index (χ2v) is 7.57. The summed E-state index contributed by atoms with van der Waals surface area (Å²) in [5.74, 6) is 1.02. The van der Waals surface area contributed by atoms with E-state index in [1.165, 1.54) is 89.9 Å². The lowest BCUT2D eigenvalue weighted by molar-refractivity contribution is 0.213. The molecular weight excluding hydrogens is 306 g/mol. The number of rotatable bonds is 17. The summed E-state index contributed by atoms with van der Waals surface area (Å²) >= 11 is 0. The summed E-state index contributed by atoms with van der Waals surface area (Å²) in [6, 6.07) is 0. The molecule has 0 N–H and O–H groups in total. The second kappa shape index (κ2) is 16.7. The van der Waals surface area contributed by atoms with Crippen molar-refractivity contribution in [3.63, 3.8) is 0 Å². The van der Waals surface area contributed by atoms with Crippen molar-refractivity contribution in [1.29, 1.82) is 0 Å². The molecular formula is C23H43NO. The van der Waals surface area contributed by atoms with Crippen molar-refractivity contribution >= 4 is 5.90 Å². The summed E-state index contributed by atoms with van der Waals surface area (Å²) in [6.07, 6.45) is 26.4. The molecule has 146 valence electrons. The van der Waals surface area contributed by atoms with Crippen LogP contribution in [0.3, 0.4) is 0 Å². The van der Waals surface area contributed by atoms with Gasteiger partial charge in [-0.15, -0.1) is 0 Å². The maximum Gasteiger partial charge on any atom is 0.183 e. The lowest BCUT2D eigenvalue weighted by atomic mass is 10.1. The molecule has 25 heavy (non-hydrogen) atoms. The van der Waals surface area contributed by atoms with Crippen LogP contribution in [-0.2, 0) is 4.74 Å². The molecule has 2 nitrogen and oxygen atoms in total. The van der Waals surface area contributed by atoms with Gasteiger partial charge in [-0.25, -0.2) is 0 Å². The Balaban J connectivity index is 1.75. The molecule has 1 heterocycles. The Morgan fingerprint density at radius 1 is 0.800 bits per heavy atom. The second-order valence-electron chi connectivity index (χ2n) is 7.57. The Kier molecular flexibility index (Phi) is 14.8. The van der Waals surface area contributed by atoms with Crippen molar-refractivity contribution in [1.82, 2.24) is 0 Å². The van der Waals surface area contributed by atoms with Crippen molar-refractivity contribution in [2.45, 2.75) is 123 Å². The zero-order chi connectivity index (χ0) is 18.0. The molecule has 0 aromatic heterocycles. The molecule has 0 aromatic carbocycles. The fraction of sp³-hybridized carbons (Fsp3) is 0.870. The highest BCUT2D eigenvalue weighted by atomic mass is 16.5. The highest BCUT2D eigenvalue weighted by molar-refractivity contribution is 5.77. The summed E-state index contributed by atoms with van der Waals surface area (Å²) in [5.41, 5.74) is 0. The molecule has 1 unspecified atom stereocenters. The standard InChI is InChI=1S/C23H43NO/c1-3-5-6-7-8-9-10-11-12-13-14-15-16-17-18-19-20-23-24-21-22(4-2)25-23/h11-12,22H,3-10,13-21H2,1-2H3/b12-11-. The summed E-state index contributed by atoms with van der Waals surface area (Å²) in [6.45, 7) is 5.34. The minimum atomic E-state index is 0.365. The number of hydrogen-bond acceptors (Lipinski definition) is 2. The van der Waals surface area contributed by atoms with Crippen LogP contribution in [0, 0.1) is 0 Å². The van der Waals surface area contributed by atoms with Crippen LogP contribution in [0.15, 0.2) is 17.1 Å². The molecule has 0 saturated carbocycles. The minimum absolute atomic E-state index is 0.365. The van der Waals surface area contributed by atoms with E-state index in [1.54, 1.807) is 0 Å². The normalized spacial score (nSPS) is 17.2. The Bertz CT molecular complexity index is 348. The summed E-state index contributed by atoms with van der Waals surface area (Å²) in [4.78, 5) is 4.48. The van der Waals surface area contributed by atoms with Gasteiger partial charge in [-0.05, 0) is 38.5 Å². The first-order chi connectivity index (χ1) is 12.4. The Hall–Kier alpha value is -0.790. The van der Waals surface area contributed by atoms with Crippen molar-refractivity contribution in [3.05, 3.63) is 12.2 Å². The van der Waals surface area contributed by atoms with Crippen LogP contribution in [0.4, 0.5) is 0 Å². The van der Waals surface area contributed by atoms with E-state index in [-0.39, 0.29) is 0 Å². The van der Waals surface area contributed by atoms with E-state index in [0.717, 1.165) is 25.3 Å². The van der Waals surface area contributed by atoms with Gasteiger partial charge < -0.3 is 4.74 Å². The third-order valence-corrected chi connectivity index (χ3v) is 5.13. The molecule has 0 fully saturated rings. The van der Waals surface area contributed by atoms with Crippen LogP contribution < -0.4 is 0 Å². The van der Waals surface area contributed by atoms with Gasteiger partial charge in [-0.3, -0.25) is 4.99 Å². The molecule has 0 radical (unpaired) electrons. The number of hydrogen-bond donors (Lipinski definition) is 0. The lowest BCUT2D eigenvalue weighted by Crippen LogP contribution is -2.11. The predicted octanol–water partition coefficient (Wildman–Crippen LogP) is 7.62. The third kappa shape index (κ3) is 13.1. The van der Waals surface area contributed by atoms with Crippen LogP contribution in [0.1, 0.15) is 117 Å². The fourth-order valence-corrected chi connectivity index (χ4v) is 3.34. The number of ether oxygens (including phenoxy) is 1. The van der Waals surface area contributed by atoms with E-state index in [0.29, 0.717) is 6.10 Å². The van der Waals surface area contributed by atoms with E-state index in [2.05, 4.69) is 31.0 Å². The van der Waals surface area contributed by atoms with Gasteiger partial charge >= 0.3 is 0 Å². The molecule has 1 aliphatic heterocycles. The summed E-state index contributed by atoms with van der Waals surface area (Å²) in [7, 11) is 0. The SMILES string of the molecule is CCCCCCCC/C=C\CCCCCCCCC1=NCC(CC)O1. The largest absolute Gasteiger partial charge is 0.476 e. The summed E-state index contributed by atoms with van der Waals surface area (Å²) < 4.78 is 5.78. The summed E-state index contributed by atoms with van der Waals surface area (Å²) in [5, 5.41) is 0. The molecule has 0 aromatic rings. The van der Waals surface area contributed by atoms with Crippen molar-refractivity contribution in [2.75, 3.05) is 6.54 Å². The zero-order valence-electron chi connectivity index (χ0n) is 17.1. The number of unbranched alkanes of at least 4 members (excludes halogenated alkanes) is 12. The van der Waals surface area contributed by atoms with Gasteiger partial charge in [0.25, 0.3) is 0 Å². The van der Waals surface area contributed by atoms with Crippen LogP contribution >= 0.6 is 0 Å². The van der Waals surface area contributed by atoms with Gasteiger partial charge in [0, 0.05) is 6.42 Å². The Morgan fingerprint density at radius 3 is 1.92 bits per heavy atom. The van der Waals surface area contributed by atoms with Crippen LogP contribution in [0.2, 0.25) is 0 Å². The smallest absolute Gasteiger partial charge is 0.183 e. The molecule has 0 spiro atoms. The maximum atomic E-state index is 5.78. The van der Waals surface area contributed by atoms with Crippen LogP contribution in [-0.4, -0.2) is 18.5 Å². The molecule has 0 bridgehead atoms. The van der Waals surface area contributed by atoms with E-state index in [4.69, 9.17) is 4.74 Å². The predicted molar refractivity (Wildman–Crippen MR) is 112 cm³/mol. The third-order valence-electron chi connectivity index (χ3n) is 5.13. The zero-order valence-corrected chi connectivity index (χ0v) is 17.1. The van der Waals surface area contributed by atoms with Gasteiger partial charge in [0.15, 0.2) is 5.90 Å². The van der Waals surface area contributed by atoms with E-state index >= 15 is 0 Å². The quantitative estimate of drug-likeness (QED) is 0.195. The topological polar surface area (TPSA) is 21.6 Å². The highest BCUT2D eigenvalue weighted by Crippen LogP contribution is 2.14. The average Bonchev–Trinajstić information content (AvgIpc) is 3.09. The molecule has 1 aliphatic rings. The number of aliphatic imine (C=N–C) groups is 1. The first kappa shape index (κ1) is 22.3. The highest BCUT2D eigenvalue weighted by Gasteiger charge is 2.16. The molecule has 0 aliphatic carbocycles. The first-order valence-corrected chi connectivity index (χ1v) is 11.2. The molecule has 2 heteroatoms. The van der Waals surface area contributed by atoms with E-state index < -0.39 is 0 Å². The van der Waals surface area contributed by atoms with Gasteiger partial charge in [0.2, 0.25) is 0 Å². The Morgan fingerprint density at radius 2 is 1.36 bits per heavy atom. The lowest BCUT2D eigenvalue weighted by Gasteiger charge is -2.08. The fourth-order valence-electron chi connectivity index (χ4n) is 3.34. The van der Waals surface area contributed by atoms with Crippen LogP contribution in [0.5, 0.6) is 0 Å². The van der Waals surface area contributed by atoms with E-state index in [9.17, 15) is 0 Å². The molecule has 1 atom stereocenters. The molecule has 0 amide bonds. The van der Waals surface area contributed by atoms with E-state index in [1.807, 2.05) is 0 Å². The van der Waals surface area contributed by atoms with Gasteiger partial charge in [0.1, 0.15) is 6.10 Å². The van der Waals surface area contributed by atoms with Crippen molar-refractivity contribution in [3.8, 4) is 0 Å². The molecule has 0 saturated heterocycles. The van der Waals surface area contributed by atoms with Gasteiger partial charge in [0.05, 0.1) is 6.54 Å². The monoisotopic (exact) mass is 349 g/mol. The van der Waals surface area contributed by atoms with Crippen LogP contribution in [0.25, 0.3) is 0 Å². The minimum Gasteiger partial charge on any atom is -0.476 e. The van der Waals surface area contributed by atoms with Gasteiger partial charge in [-0.1, -0.05) is 83.8 Å². The van der Waals surface area contributed by atoms with Crippen molar-refractivity contribution in [2.24, 2.45) is 4.99 Å². The maximum absolute atomic E-state index is 5.78. The Labute approximate surface area is 157 Å². The number of allylic oxidation sites excluding steroid dienone is 2. The molecule has 1 rings (SSSR count).